The molecule has 0 saturated carbocycles. The molecule has 1 rings (SSSR count). The molecule has 116 valence electrons. The van der Waals surface area contributed by atoms with Crippen molar-refractivity contribution in [2.45, 2.75) is 24.0 Å². The van der Waals surface area contributed by atoms with Gasteiger partial charge in [-0.15, -0.1) is 0 Å². The summed E-state index contributed by atoms with van der Waals surface area (Å²) in [5, 5.41) is 9.32. The van der Waals surface area contributed by atoms with E-state index in [0.717, 1.165) is 6.92 Å². The first-order valence-electron chi connectivity index (χ1n) is 5.86. The molecule has 0 bridgehead atoms. The van der Waals surface area contributed by atoms with Gasteiger partial charge in [0.05, 0.1) is 5.56 Å². The Labute approximate surface area is 119 Å². The van der Waals surface area contributed by atoms with Crippen LogP contribution in [0.4, 0.5) is 8.78 Å². The van der Waals surface area contributed by atoms with E-state index in [1.165, 1.54) is 0 Å². The zero-order valence-corrected chi connectivity index (χ0v) is 12.0. The van der Waals surface area contributed by atoms with Gasteiger partial charge in [0.15, 0.2) is 21.5 Å². The Bertz CT molecular complexity index is 687. The van der Waals surface area contributed by atoms with Crippen molar-refractivity contribution >= 4 is 21.7 Å². The minimum Gasteiger partial charge on any atom is -0.478 e. The van der Waals surface area contributed by atoms with Crippen LogP contribution in [0, 0.1) is 11.6 Å². The number of carbonyl (C=O) groups excluding carboxylic acids is 1. The van der Waals surface area contributed by atoms with Crippen LogP contribution in [0.3, 0.4) is 0 Å². The van der Waals surface area contributed by atoms with E-state index in [4.69, 9.17) is 5.11 Å². The molecular weight excluding hydrogens is 308 g/mol. The summed E-state index contributed by atoms with van der Waals surface area (Å²) in [6.45, 7) is 2.72. The topological polar surface area (TPSA) is 101 Å². The number of halogens is 2. The van der Waals surface area contributed by atoms with Crippen LogP contribution in [0.1, 0.15) is 24.2 Å². The van der Waals surface area contributed by atoms with Gasteiger partial charge in [-0.05, 0) is 26.0 Å². The van der Waals surface area contributed by atoms with E-state index in [2.05, 4.69) is 5.32 Å². The summed E-state index contributed by atoms with van der Waals surface area (Å²) in [6.07, 6.45) is 0. The molecule has 0 radical (unpaired) electrons. The van der Waals surface area contributed by atoms with E-state index in [1.807, 2.05) is 0 Å². The molecule has 0 aliphatic rings. The second-order valence-corrected chi connectivity index (χ2v) is 6.39. The minimum absolute atomic E-state index is 0.157. The number of rotatable bonds is 5. The highest BCUT2D eigenvalue weighted by Crippen LogP contribution is 2.24. The Kier molecular flexibility index (Phi) is 5.00. The van der Waals surface area contributed by atoms with Gasteiger partial charge < -0.3 is 10.4 Å². The third-order valence-corrected chi connectivity index (χ3v) is 4.79. The molecule has 0 saturated heterocycles. The van der Waals surface area contributed by atoms with E-state index in [0.29, 0.717) is 12.1 Å². The molecule has 0 heterocycles. The molecule has 1 unspecified atom stereocenters. The first-order valence-corrected chi connectivity index (χ1v) is 7.41. The maximum Gasteiger partial charge on any atom is 0.335 e. The number of sulfone groups is 1. The predicted octanol–water partition coefficient (Wildman–Crippen LogP) is 0.961. The largest absolute Gasteiger partial charge is 0.478 e. The highest BCUT2D eigenvalue weighted by molar-refractivity contribution is 7.92. The van der Waals surface area contributed by atoms with Crippen molar-refractivity contribution in [2.75, 3.05) is 6.54 Å². The van der Waals surface area contributed by atoms with Gasteiger partial charge in [-0.1, -0.05) is 0 Å². The van der Waals surface area contributed by atoms with Crippen LogP contribution in [0.15, 0.2) is 17.0 Å². The van der Waals surface area contributed by atoms with Crippen molar-refractivity contribution in [3.05, 3.63) is 29.3 Å². The minimum atomic E-state index is -4.56. The first-order chi connectivity index (χ1) is 9.62. The molecule has 21 heavy (non-hydrogen) atoms. The fourth-order valence-corrected chi connectivity index (χ4v) is 2.93. The highest BCUT2D eigenvalue weighted by Gasteiger charge is 2.33. The van der Waals surface area contributed by atoms with Gasteiger partial charge in [0.2, 0.25) is 5.91 Å². The number of nitrogens with one attached hydrogen (secondary N) is 1. The molecule has 1 amide bonds. The Balaban J connectivity index is 3.44. The van der Waals surface area contributed by atoms with Gasteiger partial charge in [-0.3, -0.25) is 4.79 Å². The molecule has 1 aromatic rings. The molecule has 1 aromatic carbocycles. The van der Waals surface area contributed by atoms with Crippen molar-refractivity contribution in [1.82, 2.24) is 5.32 Å². The zero-order chi connectivity index (χ0) is 16.4. The predicted molar refractivity (Wildman–Crippen MR) is 68.6 cm³/mol. The van der Waals surface area contributed by atoms with Crippen LogP contribution in [-0.4, -0.2) is 37.2 Å². The SMILES string of the molecule is CCNC(=O)C(C)S(=O)(=O)c1cc(C(=O)O)cc(F)c1F. The summed E-state index contributed by atoms with van der Waals surface area (Å²) in [5.74, 6) is -5.83. The fraction of sp³-hybridized carbons (Fsp3) is 0.333. The number of carboxylic acids is 1. The second-order valence-electron chi connectivity index (χ2n) is 4.16. The lowest BCUT2D eigenvalue weighted by Crippen LogP contribution is -2.38. The number of aromatic carboxylic acids is 1. The molecule has 0 aliphatic heterocycles. The maximum absolute atomic E-state index is 13.7. The van der Waals surface area contributed by atoms with E-state index in [9.17, 15) is 26.8 Å². The van der Waals surface area contributed by atoms with Crippen LogP contribution in [-0.2, 0) is 14.6 Å². The van der Waals surface area contributed by atoms with Gasteiger partial charge in [0, 0.05) is 6.54 Å². The second kappa shape index (κ2) is 6.17. The number of carbonyl (C=O) groups is 2. The van der Waals surface area contributed by atoms with E-state index >= 15 is 0 Å². The summed E-state index contributed by atoms with van der Waals surface area (Å²) in [6, 6.07) is 0.860. The lowest BCUT2D eigenvalue weighted by Gasteiger charge is -2.14. The van der Waals surface area contributed by atoms with Gasteiger partial charge in [-0.25, -0.2) is 22.0 Å². The summed E-state index contributed by atoms with van der Waals surface area (Å²) >= 11 is 0. The Morgan fingerprint density at radius 1 is 1.33 bits per heavy atom. The van der Waals surface area contributed by atoms with Gasteiger partial charge in [0.1, 0.15) is 10.1 Å². The lowest BCUT2D eigenvalue weighted by atomic mass is 10.2. The van der Waals surface area contributed by atoms with Crippen molar-refractivity contribution < 1.29 is 31.9 Å². The fourth-order valence-electron chi connectivity index (χ4n) is 1.54. The van der Waals surface area contributed by atoms with Crippen molar-refractivity contribution in [3.63, 3.8) is 0 Å². The number of hydrogen-bond donors (Lipinski definition) is 2. The lowest BCUT2D eigenvalue weighted by molar-refractivity contribution is -0.120. The number of carboxylic acid groups (broad SMARTS) is 1. The van der Waals surface area contributed by atoms with Crippen molar-refractivity contribution in [2.24, 2.45) is 0 Å². The van der Waals surface area contributed by atoms with Gasteiger partial charge >= 0.3 is 5.97 Å². The van der Waals surface area contributed by atoms with Crippen LogP contribution in [0.2, 0.25) is 0 Å². The van der Waals surface area contributed by atoms with Crippen LogP contribution in [0.25, 0.3) is 0 Å². The zero-order valence-electron chi connectivity index (χ0n) is 11.2. The molecule has 0 aliphatic carbocycles. The van der Waals surface area contributed by atoms with E-state index < -0.39 is 49.1 Å². The third kappa shape index (κ3) is 3.35. The number of hydrogen-bond acceptors (Lipinski definition) is 4. The summed E-state index contributed by atoms with van der Waals surface area (Å²) in [5.41, 5.74) is -0.726. The number of benzene rings is 1. The molecule has 0 spiro atoms. The van der Waals surface area contributed by atoms with E-state index in [-0.39, 0.29) is 6.54 Å². The summed E-state index contributed by atoms with van der Waals surface area (Å²) < 4.78 is 51.3. The molecule has 6 nitrogen and oxygen atoms in total. The standard InChI is InChI=1S/C12H13F2NO5S/c1-3-15-11(16)6(2)21(19,20)9-5-7(12(17)18)4-8(13)10(9)14/h4-6H,3H2,1-2H3,(H,15,16)(H,17,18). The average molecular weight is 321 g/mol. The van der Waals surface area contributed by atoms with E-state index in [1.54, 1.807) is 6.92 Å². The average Bonchev–Trinajstić information content (AvgIpc) is 2.40. The summed E-state index contributed by atoms with van der Waals surface area (Å²) in [7, 11) is -4.56. The van der Waals surface area contributed by atoms with Crippen LogP contribution >= 0.6 is 0 Å². The smallest absolute Gasteiger partial charge is 0.335 e. The number of amides is 1. The molecular formula is C12H13F2NO5S. The quantitative estimate of drug-likeness (QED) is 0.841. The molecule has 2 N–H and O–H groups in total. The van der Waals surface area contributed by atoms with Crippen LogP contribution in [0.5, 0.6) is 0 Å². The Morgan fingerprint density at radius 3 is 2.38 bits per heavy atom. The first kappa shape index (κ1) is 17.0. The van der Waals surface area contributed by atoms with Crippen molar-refractivity contribution in [1.29, 1.82) is 0 Å². The van der Waals surface area contributed by atoms with Crippen molar-refractivity contribution in [3.8, 4) is 0 Å². The third-order valence-electron chi connectivity index (χ3n) is 2.73. The van der Waals surface area contributed by atoms with Gasteiger partial charge in [-0.2, -0.15) is 0 Å². The molecule has 9 heteroatoms. The van der Waals surface area contributed by atoms with Gasteiger partial charge in [0.25, 0.3) is 0 Å². The normalized spacial score (nSPS) is 12.8. The van der Waals surface area contributed by atoms with Crippen LogP contribution < -0.4 is 5.32 Å². The molecule has 0 fully saturated rings. The Morgan fingerprint density at radius 2 is 1.90 bits per heavy atom. The molecule has 1 atom stereocenters. The summed E-state index contributed by atoms with van der Waals surface area (Å²) in [4.78, 5) is 21.2. The maximum atomic E-state index is 13.7. The molecule has 0 aromatic heterocycles. The highest BCUT2D eigenvalue weighted by atomic mass is 32.2. The monoisotopic (exact) mass is 321 g/mol. The Hall–Kier alpha value is -2.03.